The monoisotopic (exact) mass is 422 g/mol. The lowest BCUT2D eigenvalue weighted by atomic mass is 9.99. The molecule has 2 aliphatic rings. The zero-order valence-corrected chi connectivity index (χ0v) is 18.4. The van der Waals surface area contributed by atoms with Gasteiger partial charge in [0.25, 0.3) is 6.02 Å². The fourth-order valence-corrected chi connectivity index (χ4v) is 4.06. The maximum Gasteiger partial charge on any atom is 0.410 e. The first-order chi connectivity index (χ1) is 14.9. The van der Waals surface area contributed by atoms with Crippen LogP contribution in [0.4, 0.5) is 10.5 Å². The average Bonchev–Trinajstić information content (AvgIpc) is 3.17. The number of amides is 1. The molecule has 164 valence electrons. The molecule has 0 unspecified atom stereocenters. The molecule has 2 saturated heterocycles. The Morgan fingerprint density at radius 2 is 1.87 bits per heavy atom. The Morgan fingerprint density at radius 1 is 1.13 bits per heavy atom. The number of rotatable bonds is 3. The SMILES string of the molecule is CC(C)(C)OC(=O)N1CCC(N2C(=Nc3cccnc3)OC[C@H]2c2ccccc2)CC1. The zero-order valence-electron chi connectivity index (χ0n) is 18.4. The number of benzene rings is 1. The van der Waals surface area contributed by atoms with Gasteiger partial charge in [0.2, 0.25) is 0 Å². The maximum absolute atomic E-state index is 12.5. The molecule has 1 atom stereocenters. The minimum absolute atomic E-state index is 0.0923. The molecule has 0 bridgehead atoms. The predicted octanol–water partition coefficient (Wildman–Crippen LogP) is 4.54. The van der Waals surface area contributed by atoms with Crippen LogP contribution in [0.1, 0.15) is 45.2 Å². The standard InChI is InChI=1S/C24H30N4O3/c1-24(2,3)31-23(29)27-14-11-20(12-15-27)28-21(18-8-5-4-6-9-18)17-30-22(28)26-19-10-7-13-25-16-19/h4-10,13,16,20-21H,11-12,14-15,17H2,1-3H3/t21-/m0/s1. The number of aliphatic imine (C=N–C) groups is 1. The van der Waals surface area contributed by atoms with E-state index in [9.17, 15) is 4.79 Å². The van der Waals surface area contributed by atoms with Gasteiger partial charge in [0.1, 0.15) is 12.2 Å². The van der Waals surface area contributed by atoms with E-state index >= 15 is 0 Å². The Bertz CT molecular complexity index is 903. The van der Waals surface area contributed by atoms with Gasteiger partial charge in [-0.25, -0.2) is 4.79 Å². The lowest BCUT2D eigenvalue weighted by Gasteiger charge is -2.39. The predicted molar refractivity (Wildman–Crippen MR) is 119 cm³/mol. The second-order valence-electron chi connectivity index (χ2n) is 8.95. The molecule has 7 heteroatoms. The fourth-order valence-electron chi connectivity index (χ4n) is 4.06. The summed E-state index contributed by atoms with van der Waals surface area (Å²) in [4.78, 5) is 25.5. The number of aromatic nitrogens is 1. The Kier molecular flexibility index (Phi) is 6.11. The van der Waals surface area contributed by atoms with Gasteiger partial charge in [-0.05, 0) is 51.3 Å². The van der Waals surface area contributed by atoms with E-state index in [-0.39, 0.29) is 18.2 Å². The molecule has 1 amide bonds. The van der Waals surface area contributed by atoms with E-state index < -0.39 is 5.60 Å². The number of pyridine rings is 1. The molecule has 2 aliphatic heterocycles. The van der Waals surface area contributed by atoms with Crippen molar-refractivity contribution in [3.05, 3.63) is 60.4 Å². The van der Waals surface area contributed by atoms with Crippen molar-refractivity contribution in [3.8, 4) is 0 Å². The zero-order chi connectivity index (χ0) is 21.8. The highest BCUT2D eigenvalue weighted by Gasteiger charge is 2.40. The molecule has 2 aromatic rings. The number of ether oxygens (including phenoxy) is 2. The molecule has 0 radical (unpaired) electrons. The van der Waals surface area contributed by atoms with Gasteiger partial charge in [0.05, 0.1) is 17.9 Å². The number of carbonyl (C=O) groups is 1. The van der Waals surface area contributed by atoms with E-state index in [1.165, 1.54) is 5.56 Å². The normalized spacial score (nSPS) is 21.3. The number of nitrogens with zero attached hydrogens (tertiary/aromatic N) is 4. The second kappa shape index (κ2) is 8.96. The molecule has 1 aromatic carbocycles. The van der Waals surface area contributed by atoms with Gasteiger partial charge in [-0.15, -0.1) is 0 Å². The van der Waals surface area contributed by atoms with Gasteiger partial charge >= 0.3 is 6.09 Å². The van der Waals surface area contributed by atoms with E-state index in [1.54, 1.807) is 17.3 Å². The van der Waals surface area contributed by atoms with Gasteiger partial charge in [-0.1, -0.05) is 30.3 Å². The summed E-state index contributed by atoms with van der Waals surface area (Å²) in [5, 5.41) is 0. The fraction of sp³-hybridized carbons (Fsp3) is 0.458. The minimum Gasteiger partial charge on any atom is -0.462 e. The third kappa shape index (κ3) is 5.16. The topological polar surface area (TPSA) is 67.3 Å². The molecule has 3 heterocycles. The summed E-state index contributed by atoms with van der Waals surface area (Å²) in [6.07, 6.45) is 4.88. The van der Waals surface area contributed by atoms with E-state index in [0.29, 0.717) is 25.7 Å². The van der Waals surface area contributed by atoms with Crippen molar-refractivity contribution in [2.45, 2.75) is 51.3 Å². The Morgan fingerprint density at radius 3 is 2.52 bits per heavy atom. The number of piperidine rings is 1. The molecule has 1 aromatic heterocycles. The van der Waals surface area contributed by atoms with E-state index in [4.69, 9.17) is 14.5 Å². The number of hydrogen-bond acceptors (Lipinski definition) is 5. The third-order valence-electron chi connectivity index (χ3n) is 5.49. The summed E-state index contributed by atoms with van der Waals surface area (Å²) >= 11 is 0. The maximum atomic E-state index is 12.5. The first-order valence-corrected chi connectivity index (χ1v) is 10.8. The molecule has 31 heavy (non-hydrogen) atoms. The molecule has 7 nitrogen and oxygen atoms in total. The summed E-state index contributed by atoms with van der Waals surface area (Å²) in [5.41, 5.74) is 1.48. The van der Waals surface area contributed by atoms with Crippen molar-refractivity contribution >= 4 is 17.8 Å². The molecular weight excluding hydrogens is 392 g/mol. The van der Waals surface area contributed by atoms with E-state index in [2.05, 4.69) is 34.1 Å². The molecular formula is C24H30N4O3. The van der Waals surface area contributed by atoms with Gasteiger partial charge < -0.3 is 19.3 Å². The van der Waals surface area contributed by atoms with Gasteiger partial charge in [-0.3, -0.25) is 4.98 Å². The van der Waals surface area contributed by atoms with Crippen molar-refractivity contribution in [2.24, 2.45) is 4.99 Å². The van der Waals surface area contributed by atoms with E-state index in [1.807, 2.05) is 39.0 Å². The summed E-state index contributed by atoms with van der Waals surface area (Å²) in [7, 11) is 0. The van der Waals surface area contributed by atoms with Crippen LogP contribution in [0, 0.1) is 0 Å². The van der Waals surface area contributed by atoms with Crippen LogP contribution in [0.2, 0.25) is 0 Å². The summed E-state index contributed by atoms with van der Waals surface area (Å²) < 4.78 is 11.6. The highest BCUT2D eigenvalue weighted by molar-refractivity contribution is 5.79. The van der Waals surface area contributed by atoms with E-state index in [0.717, 1.165) is 18.5 Å². The molecule has 0 N–H and O–H groups in total. The first-order valence-electron chi connectivity index (χ1n) is 10.8. The van der Waals surface area contributed by atoms with Crippen LogP contribution in [0.15, 0.2) is 59.9 Å². The lowest BCUT2D eigenvalue weighted by molar-refractivity contribution is 0.0166. The average molecular weight is 423 g/mol. The van der Waals surface area contributed by atoms with Crippen LogP contribution in [-0.4, -0.2) is 58.2 Å². The van der Waals surface area contributed by atoms with Gasteiger partial charge in [0, 0.05) is 25.3 Å². The van der Waals surface area contributed by atoms with Crippen molar-refractivity contribution in [1.29, 1.82) is 0 Å². The van der Waals surface area contributed by atoms with Crippen molar-refractivity contribution in [2.75, 3.05) is 19.7 Å². The summed E-state index contributed by atoms with van der Waals surface area (Å²) in [6, 6.07) is 15.1. The highest BCUT2D eigenvalue weighted by atomic mass is 16.6. The number of hydrogen-bond donors (Lipinski definition) is 0. The largest absolute Gasteiger partial charge is 0.462 e. The number of likely N-dealkylation sites (tertiary alicyclic amines) is 1. The quantitative estimate of drug-likeness (QED) is 0.726. The van der Waals surface area contributed by atoms with Gasteiger partial charge in [0.15, 0.2) is 0 Å². The van der Waals surface area contributed by atoms with Crippen molar-refractivity contribution < 1.29 is 14.3 Å². The molecule has 0 aliphatic carbocycles. The molecule has 4 rings (SSSR count). The highest BCUT2D eigenvalue weighted by Crippen LogP contribution is 2.34. The van der Waals surface area contributed by atoms with Crippen molar-refractivity contribution in [3.63, 3.8) is 0 Å². The third-order valence-corrected chi connectivity index (χ3v) is 5.49. The number of carbonyl (C=O) groups excluding carboxylic acids is 1. The second-order valence-corrected chi connectivity index (χ2v) is 8.95. The van der Waals surface area contributed by atoms with Crippen LogP contribution >= 0.6 is 0 Å². The molecule has 0 saturated carbocycles. The van der Waals surface area contributed by atoms with Crippen molar-refractivity contribution in [1.82, 2.24) is 14.8 Å². The van der Waals surface area contributed by atoms with Crippen LogP contribution in [0.3, 0.4) is 0 Å². The Labute approximate surface area is 183 Å². The smallest absolute Gasteiger partial charge is 0.410 e. The van der Waals surface area contributed by atoms with Gasteiger partial charge in [-0.2, -0.15) is 4.99 Å². The van der Waals surface area contributed by atoms with Crippen LogP contribution in [0.5, 0.6) is 0 Å². The van der Waals surface area contributed by atoms with Crippen LogP contribution < -0.4 is 0 Å². The summed E-state index contributed by atoms with van der Waals surface area (Å²) in [5.74, 6) is 0. The lowest BCUT2D eigenvalue weighted by Crippen LogP contribution is -2.49. The number of amidine groups is 1. The first kappa shape index (κ1) is 21.2. The summed E-state index contributed by atoms with van der Waals surface area (Å²) in [6.45, 7) is 7.53. The van der Waals surface area contributed by atoms with Crippen LogP contribution in [-0.2, 0) is 9.47 Å². The molecule has 2 fully saturated rings. The van der Waals surface area contributed by atoms with Crippen LogP contribution in [0.25, 0.3) is 0 Å². The Hall–Kier alpha value is -3.09. The Balaban J connectivity index is 1.53. The molecule has 0 spiro atoms. The minimum atomic E-state index is -0.487.